The van der Waals surface area contributed by atoms with Gasteiger partial charge in [-0.15, -0.1) is 0 Å². The predicted molar refractivity (Wildman–Crippen MR) is 84.1 cm³/mol. The number of nitrogens with one attached hydrogen (secondary N) is 1. The standard InChI is InChI=1S/C15H20BrN3O2/c1-3-5-14-18-15(21-19-14)10-20-13-7-6-12(16)8-11(13)9-17-4-2/h6-8,17H,3-5,9-10H2,1-2H3. The molecule has 0 amide bonds. The molecule has 0 aliphatic carbocycles. The smallest absolute Gasteiger partial charge is 0.264 e. The zero-order valence-electron chi connectivity index (χ0n) is 12.4. The zero-order valence-corrected chi connectivity index (χ0v) is 13.9. The highest BCUT2D eigenvalue weighted by molar-refractivity contribution is 9.10. The van der Waals surface area contributed by atoms with E-state index in [-0.39, 0.29) is 6.61 Å². The second kappa shape index (κ2) is 8.14. The molecule has 5 nitrogen and oxygen atoms in total. The maximum absolute atomic E-state index is 5.81. The minimum absolute atomic E-state index is 0.289. The van der Waals surface area contributed by atoms with Crippen molar-refractivity contribution in [1.82, 2.24) is 15.5 Å². The summed E-state index contributed by atoms with van der Waals surface area (Å²) in [6.45, 7) is 6.12. The van der Waals surface area contributed by atoms with Crippen LogP contribution in [-0.2, 0) is 19.6 Å². The minimum Gasteiger partial charge on any atom is -0.483 e. The van der Waals surface area contributed by atoms with Gasteiger partial charge in [0.15, 0.2) is 12.4 Å². The summed E-state index contributed by atoms with van der Waals surface area (Å²) in [5.74, 6) is 2.07. The van der Waals surface area contributed by atoms with Gasteiger partial charge in [0.05, 0.1) is 0 Å². The molecule has 0 aliphatic rings. The third-order valence-corrected chi connectivity index (χ3v) is 3.42. The summed E-state index contributed by atoms with van der Waals surface area (Å²) in [7, 11) is 0. The Bertz CT molecular complexity index is 572. The van der Waals surface area contributed by atoms with Crippen molar-refractivity contribution in [3.05, 3.63) is 40.0 Å². The first-order valence-corrected chi connectivity index (χ1v) is 7.95. The molecule has 1 aromatic heterocycles. The van der Waals surface area contributed by atoms with Crippen molar-refractivity contribution in [2.75, 3.05) is 6.54 Å². The highest BCUT2D eigenvalue weighted by Crippen LogP contribution is 2.24. The van der Waals surface area contributed by atoms with E-state index in [9.17, 15) is 0 Å². The summed E-state index contributed by atoms with van der Waals surface area (Å²) in [5.41, 5.74) is 1.10. The lowest BCUT2D eigenvalue weighted by Gasteiger charge is -2.11. The SMILES string of the molecule is CCCc1noc(COc2ccc(Br)cc2CNCC)n1. The van der Waals surface area contributed by atoms with Crippen molar-refractivity contribution in [2.45, 2.75) is 39.8 Å². The molecular weight excluding hydrogens is 334 g/mol. The number of nitrogens with zero attached hydrogens (tertiary/aromatic N) is 2. The molecule has 2 rings (SSSR count). The summed E-state index contributed by atoms with van der Waals surface area (Å²) in [5, 5.41) is 7.22. The van der Waals surface area contributed by atoms with Crippen LogP contribution >= 0.6 is 15.9 Å². The van der Waals surface area contributed by atoms with Gasteiger partial charge >= 0.3 is 0 Å². The van der Waals surface area contributed by atoms with Gasteiger partial charge in [-0.25, -0.2) is 0 Å². The maximum Gasteiger partial charge on any atom is 0.264 e. The van der Waals surface area contributed by atoms with E-state index < -0.39 is 0 Å². The largest absolute Gasteiger partial charge is 0.483 e. The van der Waals surface area contributed by atoms with Crippen LogP contribution in [0.2, 0.25) is 0 Å². The number of halogens is 1. The Labute approximate surface area is 133 Å². The molecule has 1 N–H and O–H groups in total. The van der Waals surface area contributed by atoms with Gasteiger partial charge in [0.1, 0.15) is 5.75 Å². The molecule has 0 unspecified atom stereocenters. The predicted octanol–water partition coefficient (Wildman–Crippen LogP) is 3.47. The van der Waals surface area contributed by atoms with Crippen LogP contribution in [-0.4, -0.2) is 16.7 Å². The molecule has 21 heavy (non-hydrogen) atoms. The van der Waals surface area contributed by atoms with Crippen molar-refractivity contribution in [3.63, 3.8) is 0 Å². The number of rotatable bonds is 8. The van der Waals surface area contributed by atoms with Crippen molar-refractivity contribution >= 4 is 15.9 Å². The van der Waals surface area contributed by atoms with Crippen molar-refractivity contribution in [1.29, 1.82) is 0 Å². The third-order valence-electron chi connectivity index (χ3n) is 2.92. The van der Waals surface area contributed by atoms with Crippen molar-refractivity contribution in [2.24, 2.45) is 0 Å². The molecule has 0 fully saturated rings. The summed E-state index contributed by atoms with van der Waals surface area (Å²) in [4.78, 5) is 4.30. The molecule has 0 spiro atoms. The Morgan fingerprint density at radius 3 is 2.95 bits per heavy atom. The molecule has 6 heteroatoms. The second-order valence-electron chi connectivity index (χ2n) is 4.68. The zero-order chi connectivity index (χ0) is 15.1. The normalized spacial score (nSPS) is 10.8. The molecule has 0 saturated heterocycles. The summed E-state index contributed by atoms with van der Waals surface area (Å²) < 4.78 is 12.0. The number of aryl methyl sites for hydroxylation is 1. The summed E-state index contributed by atoms with van der Waals surface area (Å²) in [6, 6.07) is 5.95. The topological polar surface area (TPSA) is 60.2 Å². The molecule has 1 heterocycles. The number of hydrogen-bond donors (Lipinski definition) is 1. The lowest BCUT2D eigenvalue weighted by Crippen LogP contribution is -2.13. The van der Waals surface area contributed by atoms with Gasteiger partial charge in [0.2, 0.25) is 0 Å². The Morgan fingerprint density at radius 2 is 2.19 bits per heavy atom. The van der Waals surface area contributed by atoms with E-state index in [4.69, 9.17) is 9.26 Å². The molecule has 0 bridgehead atoms. The molecular formula is C15H20BrN3O2. The lowest BCUT2D eigenvalue weighted by atomic mass is 10.2. The minimum atomic E-state index is 0.289. The van der Waals surface area contributed by atoms with Gasteiger partial charge in [0.25, 0.3) is 5.89 Å². The fraction of sp³-hybridized carbons (Fsp3) is 0.467. The van der Waals surface area contributed by atoms with Gasteiger partial charge < -0.3 is 14.6 Å². The molecule has 0 saturated carbocycles. The number of aromatic nitrogens is 2. The fourth-order valence-corrected chi connectivity index (χ4v) is 2.31. The average Bonchev–Trinajstić information content (AvgIpc) is 2.92. The van der Waals surface area contributed by atoms with E-state index in [0.717, 1.165) is 47.5 Å². The third kappa shape index (κ3) is 4.82. The lowest BCUT2D eigenvalue weighted by molar-refractivity contribution is 0.240. The quantitative estimate of drug-likeness (QED) is 0.787. The van der Waals surface area contributed by atoms with Gasteiger partial charge in [-0.3, -0.25) is 0 Å². The summed E-state index contributed by atoms with van der Waals surface area (Å²) >= 11 is 3.48. The van der Waals surface area contributed by atoms with Gasteiger partial charge in [-0.2, -0.15) is 4.98 Å². The average molecular weight is 354 g/mol. The molecule has 0 aliphatic heterocycles. The Kier molecular flexibility index (Phi) is 6.20. The van der Waals surface area contributed by atoms with E-state index in [0.29, 0.717) is 5.89 Å². The van der Waals surface area contributed by atoms with E-state index >= 15 is 0 Å². The van der Waals surface area contributed by atoms with Gasteiger partial charge in [-0.1, -0.05) is 34.9 Å². The van der Waals surface area contributed by atoms with Crippen molar-refractivity contribution < 1.29 is 9.26 Å². The summed E-state index contributed by atoms with van der Waals surface area (Å²) in [6.07, 6.45) is 1.83. The first kappa shape index (κ1) is 16.0. The van der Waals surface area contributed by atoms with Gasteiger partial charge in [0, 0.05) is 23.0 Å². The first-order valence-electron chi connectivity index (χ1n) is 7.16. The second-order valence-corrected chi connectivity index (χ2v) is 5.59. The Morgan fingerprint density at radius 1 is 1.33 bits per heavy atom. The van der Waals surface area contributed by atoms with Crippen LogP contribution in [0.1, 0.15) is 37.5 Å². The van der Waals surface area contributed by atoms with Crippen molar-refractivity contribution in [3.8, 4) is 5.75 Å². The Hall–Kier alpha value is -1.40. The molecule has 114 valence electrons. The van der Waals surface area contributed by atoms with Crippen LogP contribution < -0.4 is 10.1 Å². The highest BCUT2D eigenvalue weighted by Gasteiger charge is 2.09. The van der Waals surface area contributed by atoms with E-state index in [1.54, 1.807) is 0 Å². The molecule has 2 aromatic rings. The molecule has 0 atom stereocenters. The van der Waals surface area contributed by atoms with Crippen LogP contribution in [0, 0.1) is 0 Å². The highest BCUT2D eigenvalue weighted by atomic mass is 79.9. The van der Waals surface area contributed by atoms with Crippen LogP contribution in [0.5, 0.6) is 5.75 Å². The molecule has 1 aromatic carbocycles. The van der Waals surface area contributed by atoms with E-state index in [1.807, 2.05) is 18.2 Å². The molecule has 0 radical (unpaired) electrons. The number of ether oxygens (including phenoxy) is 1. The van der Waals surface area contributed by atoms with Crippen LogP contribution in [0.4, 0.5) is 0 Å². The van der Waals surface area contributed by atoms with E-state index in [1.165, 1.54) is 0 Å². The number of benzene rings is 1. The first-order chi connectivity index (χ1) is 10.2. The van der Waals surface area contributed by atoms with E-state index in [2.05, 4.69) is 45.2 Å². The Balaban J connectivity index is 2.00. The van der Waals surface area contributed by atoms with Crippen LogP contribution in [0.3, 0.4) is 0 Å². The number of hydrogen-bond acceptors (Lipinski definition) is 5. The van der Waals surface area contributed by atoms with Crippen LogP contribution in [0.15, 0.2) is 27.2 Å². The monoisotopic (exact) mass is 353 g/mol. The van der Waals surface area contributed by atoms with Crippen LogP contribution in [0.25, 0.3) is 0 Å². The van der Waals surface area contributed by atoms with Gasteiger partial charge in [-0.05, 0) is 31.2 Å². The fourth-order valence-electron chi connectivity index (χ4n) is 1.90. The maximum atomic E-state index is 5.81.